The third-order valence-electron chi connectivity index (χ3n) is 3.12. The normalized spacial score (nSPS) is 10.3. The zero-order valence-electron chi connectivity index (χ0n) is 11.7. The van der Waals surface area contributed by atoms with Crippen molar-refractivity contribution in [3.05, 3.63) is 59.7 Å². The van der Waals surface area contributed by atoms with Crippen molar-refractivity contribution in [3.8, 4) is 0 Å². The van der Waals surface area contributed by atoms with E-state index in [0.29, 0.717) is 17.8 Å². The van der Waals surface area contributed by atoms with E-state index in [4.69, 9.17) is 5.73 Å². The zero-order chi connectivity index (χ0) is 14.5. The van der Waals surface area contributed by atoms with Crippen LogP contribution >= 0.6 is 11.8 Å². The van der Waals surface area contributed by atoms with Gasteiger partial charge in [0, 0.05) is 24.2 Å². The highest BCUT2D eigenvalue weighted by Crippen LogP contribution is 2.17. The van der Waals surface area contributed by atoms with E-state index < -0.39 is 0 Å². The predicted molar refractivity (Wildman–Crippen MR) is 84.9 cm³/mol. The SMILES string of the molecule is CSc1ccc(CN(C)C(=O)c2ccccc2N)cc1. The van der Waals surface area contributed by atoms with Crippen molar-refractivity contribution in [1.29, 1.82) is 0 Å². The van der Waals surface area contributed by atoms with Crippen LogP contribution in [0.4, 0.5) is 5.69 Å². The average molecular weight is 286 g/mol. The van der Waals surface area contributed by atoms with Gasteiger partial charge in [-0.2, -0.15) is 0 Å². The van der Waals surface area contributed by atoms with Crippen LogP contribution in [0, 0.1) is 0 Å². The van der Waals surface area contributed by atoms with Crippen LogP contribution in [0.5, 0.6) is 0 Å². The van der Waals surface area contributed by atoms with Crippen LogP contribution in [-0.4, -0.2) is 24.1 Å². The molecular formula is C16H18N2OS. The molecule has 0 heterocycles. The molecule has 0 saturated carbocycles. The maximum atomic E-state index is 12.3. The Morgan fingerprint density at radius 3 is 2.40 bits per heavy atom. The van der Waals surface area contributed by atoms with Crippen molar-refractivity contribution in [2.24, 2.45) is 0 Å². The Morgan fingerprint density at radius 1 is 1.15 bits per heavy atom. The molecule has 0 aliphatic carbocycles. The molecule has 0 aromatic heterocycles. The van der Waals surface area contributed by atoms with Crippen molar-refractivity contribution >= 4 is 23.4 Å². The maximum Gasteiger partial charge on any atom is 0.255 e. The number of thioether (sulfide) groups is 1. The van der Waals surface area contributed by atoms with Gasteiger partial charge in [-0.3, -0.25) is 4.79 Å². The maximum absolute atomic E-state index is 12.3. The van der Waals surface area contributed by atoms with E-state index in [1.54, 1.807) is 35.8 Å². The van der Waals surface area contributed by atoms with Crippen LogP contribution in [-0.2, 0) is 6.54 Å². The number of benzene rings is 2. The minimum absolute atomic E-state index is 0.0583. The summed E-state index contributed by atoms with van der Waals surface area (Å²) in [5, 5.41) is 0. The first-order valence-corrected chi connectivity index (χ1v) is 7.57. The van der Waals surface area contributed by atoms with E-state index in [-0.39, 0.29) is 5.91 Å². The second-order valence-electron chi connectivity index (χ2n) is 4.60. The van der Waals surface area contributed by atoms with Crippen LogP contribution < -0.4 is 5.73 Å². The molecule has 0 spiro atoms. The van der Waals surface area contributed by atoms with E-state index in [0.717, 1.165) is 5.56 Å². The quantitative estimate of drug-likeness (QED) is 0.693. The molecule has 2 rings (SSSR count). The van der Waals surface area contributed by atoms with Crippen LogP contribution in [0.3, 0.4) is 0 Å². The van der Waals surface area contributed by atoms with Crippen LogP contribution in [0.15, 0.2) is 53.4 Å². The van der Waals surface area contributed by atoms with Gasteiger partial charge in [0.05, 0.1) is 5.56 Å². The summed E-state index contributed by atoms with van der Waals surface area (Å²) in [4.78, 5) is 15.2. The number of nitrogens with two attached hydrogens (primary N) is 1. The summed E-state index contributed by atoms with van der Waals surface area (Å²) >= 11 is 1.70. The first-order valence-electron chi connectivity index (χ1n) is 6.34. The highest BCUT2D eigenvalue weighted by Gasteiger charge is 2.14. The van der Waals surface area contributed by atoms with Crippen LogP contribution in [0.2, 0.25) is 0 Å². The lowest BCUT2D eigenvalue weighted by molar-refractivity contribution is 0.0786. The lowest BCUT2D eigenvalue weighted by atomic mass is 10.1. The number of nitrogens with zero attached hydrogens (tertiary/aromatic N) is 1. The number of nitrogen functional groups attached to an aromatic ring is 1. The van der Waals surface area contributed by atoms with Gasteiger partial charge >= 0.3 is 0 Å². The fraction of sp³-hybridized carbons (Fsp3) is 0.188. The summed E-state index contributed by atoms with van der Waals surface area (Å²) < 4.78 is 0. The summed E-state index contributed by atoms with van der Waals surface area (Å²) in [5.41, 5.74) is 8.01. The number of para-hydroxylation sites is 1. The Kier molecular flexibility index (Phi) is 4.69. The molecule has 2 aromatic rings. The Hall–Kier alpha value is -1.94. The molecule has 4 heteroatoms. The van der Waals surface area contributed by atoms with Gasteiger partial charge in [-0.25, -0.2) is 0 Å². The number of carbonyl (C=O) groups is 1. The second-order valence-corrected chi connectivity index (χ2v) is 5.48. The molecule has 0 bridgehead atoms. The molecule has 20 heavy (non-hydrogen) atoms. The number of carbonyl (C=O) groups excluding carboxylic acids is 1. The summed E-state index contributed by atoms with van der Waals surface area (Å²) in [6.45, 7) is 0.571. The van der Waals surface area contributed by atoms with E-state index >= 15 is 0 Å². The van der Waals surface area contributed by atoms with Crippen molar-refractivity contribution in [2.45, 2.75) is 11.4 Å². The minimum atomic E-state index is -0.0583. The molecule has 104 valence electrons. The molecule has 0 saturated heterocycles. The molecule has 2 aromatic carbocycles. The topological polar surface area (TPSA) is 46.3 Å². The monoisotopic (exact) mass is 286 g/mol. The third-order valence-corrected chi connectivity index (χ3v) is 3.86. The van der Waals surface area contributed by atoms with Gasteiger partial charge in [-0.1, -0.05) is 24.3 Å². The molecule has 3 nitrogen and oxygen atoms in total. The van der Waals surface area contributed by atoms with Gasteiger partial charge in [-0.15, -0.1) is 11.8 Å². The van der Waals surface area contributed by atoms with Crippen molar-refractivity contribution in [1.82, 2.24) is 4.90 Å². The molecule has 0 unspecified atom stereocenters. The summed E-state index contributed by atoms with van der Waals surface area (Å²) in [5.74, 6) is -0.0583. The predicted octanol–water partition coefficient (Wildman–Crippen LogP) is 3.26. The van der Waals surface area contributed by atoms with E-state index in [1.165, 1.54) is 4.90 Å². The van der Waals surface area contributed by atoms with Gasteiger partial charge in [0.15, 0.2) is 0 Å². The number of hydrogen-bond donors (Lipinski definition) is 1. The fourth-order valence-electron chi connectivity index (χ4n) is 1.97. The Balaban J connectivity index is 2.09. The standard InChI is InChI=1S/C16H18N2OS/c1-18(11-12-7-9-13(20-2)10-8-12)16(19)14-5-3-4-6-15(14)17/h3-10H,11,17H2,1-2H3. The van der Waals surface area contributed by atoms with Crippen LogP contribution in [0.25, 0.3) is 0 Å². The molecule has 0 aliphatic rings. The van der Waals surface area contributed by atoms with Gasteiger partial charge in [0.25, 0.3) is 5.91 Å². The van der Waals surface area contributed by atoms with Gasteiger partial charge in [-0.05, 0) is 36.1 Å². The van der Waals surface area contributed by atoms with Gasteiger partial charge in [0.2, 0.25) is 0 Å². The van der Waals surface area contributed by atoms with Crippen molar-refractivity contribution in [2.75, 3.05) is 19.0 Å². The van der Waals surface area contributed by atoms with Crippen molar-refractivity contribution < 1.29 is 4.79 Å². The molecule has 0 radical (unpaired) electrons. The van der Waals surface area contributed by atoms with Gasteiger partial charge in [0.1, 0.15) is 0 Å². The largest absolute Gasteiger partial charge is 0.398 e. The number of anilines is 1. The Morgan fingerprint density at radius 2 is 1.80 bits per heavy atom. The first-order chi connectivity index (χ1) is 9.61. The zero-order valence-corrected chi connectivity index (χ0v) is 12.5. The lowest BCUT2D eigenvalue weighted by Gasteiger charge is -2.18. The number of hydrogen-bond acceptors (Lipinski definition) is 3. The van der Waals surface area contributed by atoms with Crippen LogP contribution in [0.1, 0.15) is 15.9 Å². The summed E-state index contributed by atoms with van der Waals surface area (Å²) in [6.07, 6.45) is 2.04. The summed E-state index contributed by atoms with van der Waals surface area (Å²) in [6, 6.07) is 15.4. The van der Waals surface area contributed by atoms with Gasteiger partial charge < -0.3 is 10.6 Å². The second kappa shape index (κ2) is 6.48. The van der Waals surface area contributed by atoms with Crippen molar-refractivity contribution in [3.63, 3.8) is 0 Å². The average Bonchev–Trinajstić information content (AvgIpc) is 2.48. The molecule has 1 amide bonds. The fourth-order valence-corrected chi connectivity index (χ4v) is 2.38. The van der Waals surface area contributed by atoms with E-state index in [9.17, 15) is 4.79 Å². The molecular weight excluding hydrogens is 268 g/mol. The van der Waals surface area contributed by atoms with E-state index in [2.05, 4.69) is 12.1 Å². The molecule has 0 atom stereocenters. The minimum Gasteiger partial charge on any atom is -0.398 e. The summed E-state index contributed by atoms with van der Waals surface area (Å²) in [7, 11) is 1.79. The van der Waals surface area contributed by atoms with E-state index in [1.807, 2.05) is 30.5 Å². The lowest BCUT2D eigenvalue weighted by Crippen LogP contribution is -2.26. The molecule has 0 fully saturated rings. The highest BCUT2D eigenvalue weighted by atomic mass is 32.2. The highest BCUT2D eigenvalue weighted by molar-refractivity contribution is 7.98. The smallest absolute Gasteiger partial charge is 0.255 e. The number of amides is 1. The molecule has 2 N–H and O–H groups in total. The first kappa shape index (κ1) is 14.5. The third kappa shape index (κ3) is 3.33. The number of rotatable bonds is 4. The Bertz CT molecular complexity index is 596. The molecule has 0 aliphatic heterocycles. The Labute approximate surface area is 123 Å².